The lowest BCUT2D eigenvalue weighted by atomic mass is 9.69. The summed E-state index contributed by atoms with van der Waals surface area (Å²) in [6, 6.07) is 0.940. The topological polar surface area (TPSA) is 3.24 Å². The zero-order valence-corrected chi connectivity index (χ0v) is 11.9. The van der Waals surface area contributed by atoms with Crippen molar-refractivity contribution >= 4 is 12.6 Å². The second kappa shape index (κ2) is 5.13. The van der Waals surface area contributed by atoms with Crippen LogP contribution in [0.1, 0.15) is 57.8 Å². The van der Waals surface area contributed by atoms with Crippen molar-refractivity contribution in [3.63, 3.8) is 0 Å². The van der Waals surface area contributed by atoms with Crippen LogP contribution in [0.4, 0.5) is 0 Å². The molecule has 0 aromatic rings. The predicted octanol–water partition coefficient (Wildman–Crippen LogP) is 3.74. The van der Waals surface area contributed by atoms with E-state index < -0.39 is 0 Å². The van der Waals surface area contributed by atoms with Crippen LogP contribution in [0, 0.1) is 11.3 Å². The van der Waals surface area contributed by atoms with Crippen molar-refractivity contribution in [2.75, 3.05) is 18.8 Å². The maximum atomic E-state index is 4.62. The lowest BCUT2D eigenvalue weighted by molar-refractivity contribution is 0.0675. The van der Waals surface area contributed by atoms with Gasteiger partial charge in [0.05, 0.1) is 0 Å². The molecule has 2 aliphatic carbocycles. The van der Waals surface area contributed by atoms with Gasteiger partial charge in [-0.1, -0.05) is 19.3 Å². The molecule has 3 aliphatic rings. The summed E-state index contributed by atoms with van der Waals surface area (Å²) < 4.78 is 0. The Morgan fingerprint density at radius 2 is 1.76 bits per heavy atom. The summed E-state index contributed by atoms with van der Waals surface area (Å²) >= 11 is 4.62. The highest BCUT2D eigenvalue weighted by Gasteiger charge is 2.41. The molecule has 3 rings (SSSR count). The third kappa shape index (κ3) is 2.40. The van der Waals surface area contributed by atoms with Crippen LogP contribution in [-0.4, -0.2) is 29.8 Å². The second-order valence-electron chi connectivity index (χ2n) is 6.74. The Hall–Kier alpha value is 0.310. The quantitative estimate of drug-likeness (QED) is 0.747. The van der Waals surface area contributed by atoms with Crippen LogP contribution in [0.15, 0.2) is 0 Å². The molecule has 0 aromatic heterocycles. The van der Waals surface area contributed by atoms with Gasteiger partial charge in [0.15, 0.2) is 0 Å². The molecule has 2 saturated carbocycles. The van der Waals surface area contributed by atoms with Gasteiger partial charge in [-0.15, -0.1) is 0 Å². The minimum atomic E-state index is 0.601. The molecule has 17 heavy (non-hydrogen) atoms. The first kappa shape index (κ1) is 12.3. The number of likely N-dealkylation sites (tertiary alicyclic amines) is 1. The molecule has 1 heterocycles. The van der Waals surface area contributed by atoms with Crippen LogP contribution < -0.4 is 0 Å². The Labute approximate surface area is 112 Å². The van der Waals surface area contributed by atoms with E-state index in [-0.39, 0.29) is 0 Å². The first-order chi connectivity index (χ1) is 8.33. The highest BCUT2D eigenvalue weighted by atomic mass is 32.1. The molecule has 0 spiro atoms. The van der Waals surface area contributed by atoms with Gasteiger partial charge in [-0.25, -0.2) is 0 Å². The highest BCUT2D eigenvalue weighted by Crippen LogP contribution is 2.45. The average Bonchev–Trinajstić information content (AvgIpc) is 2.93. The highest BCUT2D eigenvalue weighted by molar-refractivity contribution is 7.80. The largest absolute Gasteiger partial charge is 0.300 e. The van der Waals surface area contributed by atoms with Crippen molar-refractivity contribution in [2.24, 2.45) is 11.3 Å². The SMILES string of the molecule is SCC1(CN2CCCC2C2CCCC2)CCC1. The van der Waals surface area contributed by atoms with E-state index in [1.165, 1.54) is 70.9 Å². The Bertz CT molecular complexity index is 250. The van der Waals surface area contributed by atoms with Crippen molar-refractivity contribution in [3.05, 3.63) is 0 Å². The lowest BCUT2D eigenvalue weighted by Gasteiger charge is -2.45. The Morgan fingerprint density at radius 1 is 1.00 bits per heavy atom. The summed E-state index contributed by atoms with van der Waals surface area (Å²) in [5.74, 6) is 2.15. The average molecular weight is 253 g/mol. The van der Waals surface area contributed by atoms with Crippen LogP contribution in [0.2, 0.25) is 0 Å². The zero-order chi connectivity index (χ0) is 11.7. The fourth-order valence-electron chi connectivity index (χ4n) is 4.40. The van der Waals surface area contributed by atoms with Crippen molar-refractivity contribution in [1.82, 2.24) is 4.90 Å². The first-order valence-electron chi connectivity index (χ1n) is 7.68. The fraction of sp³-hybridized carbons (Fsp3) is 1.00. The summed E-state index contributed by atoms with van der Waals surface area (Å²) in [6.07, 6.45) is 13.2. The van der Waals surface area contributed by atoms with Crippen LogP contribution in [0.5, 0.6) is 0 Å². The fourth-order valence-corrected chi connectivity index (χ4v) is 4.81. The summed E-state index contributed by atoms with van der Waals surface area (Å²) in [5.41, 5.74) is 0.601. The van der Waals surface area contributed by atoms with E-state index in [2.05, 4.69) is 17.5 Å². The molecule has 0 bridgehead atoms. The molecule has 1 nitrogen and oxygen atoms in total. The Morgan fingerprint density at radius 3 is 2.35 bits per heavy atom. The summed E-state index contributed by atoms with van der Waals surface area (Å²) in [7, 11) is 0. The molecule has 0 amide bonds. The van der Waals surface area contributed by atoms with E-state index >= 15 is 0 Å². The van der Waals surface area contributed by atoms with Gasteiger partial charge in [0.2, 0.25) is 0 Å². The van der Waals surface area contributed by atoms with Crippen molar-refractivity contribution < 1.29 is 0 Å². The zero-order valence-electron chi connectivity index (χ0n) is 11.0. The summed E-state index contributed by atoms with van der Waals surface area (Å²) in [4.78, 5) is 2.85. The van der Waals surface area contributed by atoms with E-state index in [1.54, 1.807) is 0 Å². The monoisotopic (exact) mass is 253 g/mol. The molecular weight excluding hydrogens is 226 g/mol. The number of thiol groups is 1. The number of hydrogen-bond donors (Lipinski definition) is 1. The number of nitrogens with zero attached hydrogens (tertiary/aromatic N) is 1. The van der Waals surface area contributed by atoms with Gasteiger partial charge in [0, 0.05) is 12.6 Å². The van der Waals surface area contributed by atoms with Crippen LogP contribution in [0.3, 0.4) is 0 Å². The van der Waals surface area contributed by atoms with E-state index in [9.17, 15) is 0 Å². The molecule has 2 heteroatoms. The van der Waals surface area contributed by atoms with E-state index in [4.69, 9.17) is 0 Å². The lowest BCUT2D eigenvalue weighted by Crippen LogP contribution is -2.47. The normalized spacial score (nSPS) is 34.1. The maximum Gasteiger partial charge on any atom is 0.0124 e. The first-order valence-corrected chi connectivity index (χ1v) is 8.31. The van der Waals surface area contributed by atoms with Gasteiger partial charge < -0.3 is 0 Å². The molecule has 1 atom stereocenters. The summed E-state index contributed by atoms with van der Waals surface area (Å²) in [5, 5.41) is 0. The van der Waals surface area contributed by atoms with E-state index in [1.807, 2.05) is 0 Å². The third-order valence-corrected chi connectivity index (χ3v) is 6.32. The molecule has 3 fully saturated rings. The molecule has 0 aromatic carbocycles. The molecule has 98 valence electrons. The Balaban J connectivity index is 1.61. The smallest absolute Gasteiger partial charge is 0.0124 e. The van der Waals surface area contributed by atoms with Gasteiger partial charge >= 0.3 is 0 Å². The van der Waals surface area contributed by atoms with Gasteiger partial charge in [0.1, 0.15) is 0 Å². The number of hydrogen-bond acceptors (Lipinski definition) is 2. The minimum Gasteiger partial charge on any atom is -0.300 e. The van der Waals surface area contributed by atoms with E-state index in [0.717, 1.165) is 17.7 Å². The van der Waals surface area contributed by atoms with Gasteiger partial charge in [-0.2, -0.15) is 12.6 Å². The predicted molar refractivity (Wildman–Crippen MR) is 76.7 cm³/mol. The van der Waals surface area contributed by atoms with Crippen molar-refractivity contribution in [2.45, 2.75) is 63.8 Å². The molecule has 0 radical (unpaired) electrons. The molecular formula is C15H27NS. The third-order valence-electron chi connectivity index (χ3n) is 5.65. The van der Waals surface area contributed by atoms with Gasteiger partial charge in [0.25, 0.3) is 0 Å². The van der Waals surface area contributed by atoms with E-state index in [0.29, 0.717) is 5.41 Å². The minimum absolute atomic E-state index is 0.601. The standard InChI is InChI=1S/C15H27NS/c17-12-15(8-4-9-15)11-16-10-3-7-14(16)13-5-1-2-6-13/h13-14,17H,1-12H2. The van der Waals surface area contributed by atoms with Crippen molar-refractivity contribution in [3.8, 4) is 0 Å². The van der Waals surface area contributed by atoms with Crippen LogP contribution >= 0.6 is 12.6 Å². The number of rotatable bonds is 4. The van der Waals surface area contributed by atoms with Crippen LogP contribution in [-0.2, 0) is 0 Å². The molecule has 0 N–H and O–H groups in total. The molecule has 1 saturated heterocycles. The van der Waals surface area contributed by atoms with Crippen molar-refractivity contribution in [1.29, 1.82) is 0 Å². The maximum absolute atomic E-state index is 4.62. The molecule has 1 unspecified atom stereocenters. The van der Waals surface area contributed by atoms with Gasteiger partial charge in [-0.05, 0) is 62.2 Å². The second-order valence-corrected chi connectivity index (χ2v) is 7.05. The summed E-state index contributed by atoms with van der Waals surface area (Å²) in [6.45, 7) is 2.73. The van der Waals surface area contributed by atoms with Gasteiger partial charge in [-0.3, -0.25) is 4.90 Å². The van der Waals surface area contributed by atoms with Crippen LogP contribution in [0.25, 0.3) is 0 Å². The molecule has 1 aliphatic heterocycles. The Kier molecular flexibility index (Phi) is 3.72.